The number of carboxylic acids is 1. The van der Waals surface area contributed by atoms with E-state index in [4.69, 9.17) is 5.11 Å². The first kappa shape index (κ1) is 11.3. The molecular weight excluding hydrogens is 222 g/mol. The molecule has 1 aromatic carbocycles. The van der Waals surface area contributed by atoms with E-state index in [0.29, 0.717) is 0 Å². The summed E-state index contributed by atoms with van der Waals surface area (Å²) in [4.78, 5) is 34.6. The fraction of sp³-hybridized carbons (Fsp3) is 0.250. The van der Waals surface area contributed by atoms with Crippen molar-refractivity contribution in [2.45, 2.75) is 19.4 Å². The Hall–Kier alpha value is -2.17. The van der Waals surface area contributed by atoms with Gasteiger partial charge in [-0.2, -0.15) is 0 Å². The molecule has 0 aliphatic carbocycles. The fourth-order valence-corrected chi connectivity index (χ4v) is 1.73. The molecule has 1 aliphatic rings. The summed E-state index contributed by atoms with van der Waals surface area (Å²) in [6, 6.07) is 6.15. The molecule has 1 aromatic rings. The van der Waals surface area contributed by atoms with Gasteiger partial charge in [-0.3, -0.25) is 14.5 Å². The van der Waals surface area contributed by atoms with Crippen LogP contribution in [-0.4, -0.2) is 27.8 Å². The highest BCUT2D eigenvalue weighted by atomic mass is 16.4. The van der Waals surface area contributed by atoms with Crippen LogP contribution in [0.5, 0.6) is 0 Å². The predicted octanol–water partition coefficient (Wildman–Crippen LogP) is 1.03. The highest BCUT2D eigenvalue weighted by Gasteiger charge is 2.28. The first-order valence-electron chi connectivity index (χ1n) is 5.23. The minimum absolute atomic E-state index is 0.169. The lowest BCUT2D eigenvalue weighted by atomic mass is 10.1. The Morgan fingerprint density at radius 2 is 1.65 bits per heavy atom. The molecule has 1 fully saturated rings. The van der Waals surface area contributed by atoms with Gasteiger partial charge in [0.25, 0.3) is 0 Å². The Bertz CT molecular complexity index is 462. The maximum absolute atomic E-state index is 11.4. The topological polar surface area (TPSA) is 74.7 Å². The van der Waals surface area contributed by atoms with Crippen LogP contribution >= 0.6 is 0 Å². The summed E-state index contributed by atoms with van der Waals surface area (Å²) in [6.45, 7) is 0.220. The van der Waals surface area contributed by atoms with E-state index in [2.05, 4.69) is 0 Å². The van der Waals surface area contributed by atoms with Gasteiger partial charge in [0.1, 0.15) is 0 Å². The monoisotopic (exact) mass is 233 g/mol. The van der Waals surface area contributed by atoms with E-state index < -0.39 is 5.97 Å². The van der Waals surface area contributed by atoms with Crippen molar-refractivity contribution in [2.75, 3.05) is 0 Å². The normalized spacial score (nSPS) is 15.4. The largest absolute Gasteiger partial charge is 0.478 e. The van der Waals surface area contributed by atoms with Crippen LogP contribution in [0.4, 0.5) is 0 Å². The lowest BCUT2D eigenvalue weighted by molar-refractivity contribution is -0.139. The molecule has 88 valence electrons. The van der Waals surface area contributed by atoms with Gasteiger partial charge in [-0.15, -0.1) is 0 Å². The Kier molecular flexibility index (Phi) is 2.91. The number of carbonyl (C=O) groups is 3. The molecule has 0 atom stereocenters. The number of benzene rings is 1. The van der Waals surface area contributed by atoms with E-state index >= 15 is 0 Å². The number of hydrogen-bond donors (Lipinski definition) is 1. The molecule has 1 heterocycles. The van der Waals surface area contributed by atoms with Crippen molar-refractivity contribution in [3.8, 4) is 0 Å². The molecule has 17 heavy (non-hydrogen) atoms. The number of nitrogens with zero attached hydrogens (tertiary/aromatic N) is 1. The summed E-state index contributed by atoms with van der Waals surface area (Å²) >= 11 is 0. The second-order valence-electron chi connectivity index (χ2n) is 3.88. The molecular formula is C12H11NO4. The van der Waals surface area contributed by atoms with Crippen LogP contribution in [0, 0.1) is 0 Å². The molecule has 2 rings (SSSR count). The number of amides is 2. The van der Waals surface area contributed by atoms with Crippen LogP contribution in [-0.2, 0) is 16.1 Å². The van der Waals surface area contributed by atoms with Crippen LogP contribution in [0.25, 0.3) is 0 Å². The molecule has 0 unspecified atom stereocenters. The summed E-state index contributed by atoms with van der Waals surface area (Å²) in [6.07, 6.45) is 0.540. The third-order valence-corrected chi connectivity index (χ3v) is 2.70. The van der Waals surface area contributed by atoms with E-state index in [9.17, 15) is 14.4 Å². The molecule has 0 saturated carbocycles. The molecule has 1 aliphatic heterocycles. The zero-order valence-corrected chi connectivity index (χ0v) is 9.05. The van der Waals surface area contributed by atoms with Crippen LogP contribution in [0.1, 0.15) is 28.8 Å². The molecule has 5 heteroatoms. The molecule has 0 aromatic heterocycles. The van der Waals surface area contributed by atoms with E-state index in [1.54, 1.807) is 12.1 Å². The number of carboxylic acid groups (broad SMARTS) is 1. The fourth-order valence-electron chi connectivity index (χ4n) is 1.73. The average Bonchev–Trinajstić information content (AvgIpc) is 2.61. The second kappa shape index (κ2) is 4.37. The van der Waals surface area contributed by atoms with E-state index in [1.165, 1.54) is 17.0 Å². The minimum atomic E-state index is -0.995. The van der Waals surface area contributed by atoms with Crippen LogP contribution in [0.15, 0.2) is 24.3 Å². The number of imide groups is 1. The SMILES string of the molecule is O=C(O)c1ccc(CN2C(=O)CCC2=O)cc1. The summed E-state index contributed by atoms with van der Waals surface area (Å²) in [5, 5.41) is 8.73. The highest BCUT2D eigenvalue weighted by Crippen LogP contribution is 2.16. The van der Waals surface area contributed by atoms with Crippen molar-refractivity contribution in [1.82, 2.24) is 4.90 Å². The van der Waals surface area contributed by atoms with Crippen molar-refractivity contribution in [3.63, 3.8) is 0 Å². The lowest BCUT2D eigenvalue weighted by Gasteiger charge is -2.13. The molecule has 2 amide bonds. The minimum Gasteiger partial charge on any atom is -0.478 e. The summed E-state index contributed by atoms with van der Waals surface area (Å²) < 4.78 is 0. The molecule has 0 bridgehead atoms. The predicted molar refractivity (Wildman–Crippen MR) is 58.2 cm³/mol. The highest BCUT2D eigenvalue weighted by molar-refractivity contribution is 6.01. The van der Waals surface area contributed by atoms with Crippen molar-refractivity contribution < 1.29 is 19.5 Å². The van der Waals surface area contributed by atoms with Gasteiger partial charge in [0.15, 0.2) is 0 Å². The van der Waals surface area contributed by atoms with E-state index in [-0.39, 0.29) is 36.8 Å². The standard InChI is InChI=1S/C12H11NO4/c14-10-5-6-11(15)13(10)7-8-1-3-9(4-2-8)12(16)17/h1-4H,5-7H2,(H,16,17). The van der Waals surface area contributed by atoms with Gasteiger partial charge in [-0.25, -0.2) is 4.79 Å². The Morgan fingerprint density at radius 3 is 2.12 bits per heavy atom. The smallest absolute Gasteiger partial charge is 0.335 e. The quantitative estimate of drug-likeness (QED) is 0.791. The molecule has 5 nitrogen and oxygen atoms in total. The van der Waals surface area contributed by atoms with Gasteiger partial charge in [0.2, 0.25) is 11.8 Å². The zero-order valence-electron chi connectivity index (χ0n) is 9.05. The summed E-state index contributed by atoms with van der Waals surface area (Å²) in [5.74, 6) is -1.33. The lowest BCUT2D eigenvalue weighted by Crippen LogP contribution is -2.28. The van der Waals surface area contributed by atoms with E-state index in [1.807, 2.05) is 0 Å². The Morgan fingerprint density at radius 1 is 1.12 bits per heavy atom. The van der Waals surface area contributed by atoms with Crippen LogP contribution in [0.3, 0.4) is 0 Å². The maximum Gasteiger partial charge on any atom is 0.335 e. The first-order valence-corrected chi connectivity index (χ1v) is 5.23. The van der Waals surface area contributed by atoms with Gasteiger partial charge < -0.3 is 5.11 Å². The van der Waals surface area contributed by atoms with Gasteiger partial charge in [-0.1, -0.05) is 12.1 Å². The number of carbonyl (C=O) groups excluding carboxylic acids is 2. The Labute approximate surface area is 97.7 Å². The van der Waals surface area contributed by atoms with Crippen LogP contribution in [0.2, 0.25) is 0 Å². The van der Waals surface area contributed by atoms with Crippen molar-refractivity contribution in [3.05, 3.63) is 35.4 Å². The summed E-state index contributed by atoms with van der Waals surface area (Å²) in [7, 11) is 0. The maximum atomic E-state index is 11.4. The number of rotatable bonds is 3. The second-order valence-corrected chi connectivity index (χ2v) is 3.88. The summed E-state index contributed by atoms with van der Waals surface area (Å²) in [5.41, 5.74) is 0.937. The van der Waals surface area contributed by atoms with Crippen molar-refractivity contribution in [2.24, 2.45) is 0 Å². The van der Waals surface area contributed by atoms with Gasteiger partial charge in [-0.05, 0) is 17.7 Å². The zero-order chi connectivity index (χ0) is 12.4. The van der Waals surface area contributed by atoms with Crippen molar-refractivity contribution in [1.29, 1.82) is 0 Å². The number of hydrogen-bond acceptors (Lipinski definition) is 3. The number of aromatic carboxylic acids is 1. The van der Waals surface area contributed by atoms with Gasteiger partial charge in [0, 0.05) is 12.8 Å². The van der Waals surface area contributed by atoms with Gasteiger partial charge >= 0.3 is 5.97 Å². The number of likely N-dealkylation sites (tertiary alicyclic amines) is 1. The van der Waals surface area contributed by atoms with E-state index in [0.717, 1.165) is 5.56 Å². The van der Waals surface area contributed by atoms with Gasteiger partial charge in [0.05, 0.1) is 12.1 Å². The third-order valence-electron chi connectivity index (χ3n) is 2.70. The molecule has 0 spiro atoms. The first-order chi connectivity index (χ1) is 8.08. The Balaban J connectivity index is 2.11. The molecule has 1 N–H and O–H groups in total. The molecule has 0 radical (unpaired) electrons. The van der Waals surface area contributed by atoms with Crippen LogP contribution < -0.4 is 0 Å². The molecule has 1 saturated heterocycles. The average molecular weight is 233 g/mol. The van der Waals surface area contributed by atoms with Crippen molar-refractivity contribution >= 4 is 17.8 Å². The third kappa shape index (κ3) is 2.33.